The zero-order chi connectivity index (χ0) is 26.5. The number of halogens is 1. The standard InChI is InChI=1S/C22H26FN5O3.2C2H6/c1-12(2)8-18(21(30)26-14(11-24)9-13-6-7-25-20(13)29)28-22(31)19-10-15-16(23)4-3-5-17(15)27-19;2*1-2/h3-5,10,12-14,18,27H,6-9H2,1-2H3,(H,25,29)(H,26,30)(H,28,31);2*1-2H3. The molecule has 0 saturated carbocycles. The van der Waals surface area contributed by atoms with E-state index in [0.29, 0.717) is 24.9 Å². The first-order chi connectivity index (χ1) is 16.8. The fraction of sp³-hybridized carbons (Fsp3) is 0.538. The van der Waals surface area contributed by atoms with Crippen molar-refractivity contribution in [2.75, 3.05) is 6.54 Å². The van der Waals surface area contributed by atoms with Crippen LogP contribution in [0.4, 0.5) is 4.39 Å². The molecule has 0 spiro atoms. The van der Waals surface area contributed by atoms with E-state index in [1.807, 2.05) is 47.6 Å². The Morgan fingerprint density at radius 3 is 2.43 bits per heavy atom. The lowest BCUT2D eigenvalue weighted by Gasteiger charge is -2.22. The third-order valence-electron chi connectivity index (χ3n) is 5.34. The molecule has 35 heavy (non-hydrogen) atoms. The van der Waals surface area contributed by atoms with Gasteiger partial charge in [0.1, 0.15) is 23.6 Å². The molecule has 1 aromatic carbocycles. The number of aromatic nitrogens is 1. The molecule has 1 fully saturated rings. The number of carbonyl (C=O) groups is 3. The minimum absolute atomic E-state index is 0.0948. The summed E-state index contributed by atoms with van der Waals surface area (Å²) in [6.07, 6.45) is 1.20. The van der Waals surface area contributed by atoms with Gasteiger partial charge < -0.3 is 20.9 Å². The molecule has 1 aliphatic heterocycles. The van der Waals surface area contributed by atoms with Crippen LogP contribution < -0.4 is 16.0 Å². The summed E-state index contributed by atoms with van der Waals surface area (Å²) in [7, 11) is 0. The van der Waals surface area contributed by atoms with Crippen molar-refractivity contribution in [3.05, 3.63) is 35.8 Å². The first-order valence-corrected chi connectivity index (χ1v) is 12.3. The Morgan fingerprint density at radius 1 is 1.20 bits per heavy atom. The molecule has 1 aliphatic rings. The quantitative estimate of drug-likeness (QED) is 0.448. The van der Waals surface area contributed by atoms with E-state index in [9.17, 15) is 24.0 Å². The van der Waals surface area contributed by atoms with E-state index in [1.54, 1.807) is 6.07 Å². The van der Waals surface area contributed by atoms with Crippen LogP contribution in [0.2, 0.25) is 0 Å². The minimum atomic E-state index is -0.878. The van der Waals surface area contributed by atoms with Gasteiger partial charge in [0.2, 0.25) is 11.8 Å². The number of fused-ring (bicyclic) bond motifs is 1. The number of hydrogen-bond acceptors (Lipinski definition) is 4. The number of benzene rings is 1. The van der Waals surface area contributed by atoms with Gasteiger partial charge in [0.05, 0.1) is 6.07 Å². The Bertz CT molecular complexity index is 1030. The molecule has 3 unspecified atom stereocenters. The van der Waals surface area contributed by atoms with Crippen LogP contribution in [0.3, 0.4) is 0 Å². The second-order valence-electron chi connectivity index (χ2n) is 8.24. The number of H-pyrrole nitrogens is 1. The predicted molar refractivity (Wildman–Crippen MR) is 135 cm³/mol. The molecule has 8 nitrogen and oxygen atoms in total. The highest BCUT2D eigenvalue weighted by atomic mass is 19.1. The van der Waals surface area contributed by atoms with E-state index in [-0.39, 0.29) is 35.2 Å². The van der Waals surface area contributed by atoms with Crippen LogP contribution >= 0.6 is 0 Å². The highest BCUT2D eigenvalue weighted by Crippen LogP contribution is 2.19. The van der Waals surface area contributed by atoms with Crippen molar-refractivity contribution in [2.24, 2.45) is 11.8 Å². The molecule has 0 aliphatic carbocycles. The summed E-state index contributed by atoms with van der Waals surface area (Å²) in [5.41, 5.74) is 0.621. The van der Waals surface area contributed by atoms with Crippen LogP contribution in [0.25, 0.3) is 10.9 Å². The molecular weight excluding hydrogens is 449 g/mol. The predicted octanol–water partition coefficient (Wildman–Crippen LogP) is 4.04. The van der Waals surface area contributed by atoms with Crippen LogP contribution in [0.15, 0.2) is 24.3 Å². The van der Waals surface area contributed by atoms with Gasteiger partial charge in [0, 0.05) is 23.4 Å². The smallest absolute Gasteiger partial charge is 0.268 e. The van der Waals surface area contributed by atoms with Crippen LogP contribution in [0, 0.1) is 29.0 Å². The number of aromatic amines is 1. The summed E-state index contributed by atoms with van der Waals surface area (Å²) < 4.78 is 13.9. The van der Waals surface area contributed by atoms with E-state index < -0.39 is 29.7 Å². The van der Waals surface area contributed by atoms with Crippen molar-refractivity contribution in [2.45, 2.75) is 72.9 Å². The summed E-state index contributed by atoms with van der Waals surface area (Å²) in [4.78, 5) is 40.2. The van der Waals surface area contributed by atoms with Crippen molar-refractivity contribution in [3.63, 3.8) is 0 Å². The van der Waals surface area contributed by atoms with Crippen molar-refractivity contribution in [1.29, 1.82) is 5.26 Å². The second kappa shape index (κ2) is 14.8. The monoisotopic (exact) mass is 487 g/mol. The molecule has 1 aromatic heterocycles. The Labute approximate surface area is 207 Å². The third-order valence-corrected chi connectivity index (χ3v) is 5.34. The first kappa shape index (κ1) is 29.6. The van der Waals surface area contributed by atoms with Gasteiger partial charge in [-0.1, -0.05) is 47.6 Å². The van der Waals surface area contributed by atoms with E-state index in [2.05, 4.69) is 20.9 Å². The topological polar surface area (TPSA) is 127 Å². The number of nitrogens with one attached hydrogen (secondary N) is 4. The van der Waals surface area contributed by atoms with Gasteiger partial charge in [-0.2, -0.15) is 5.26 Å². The van der Waals surface area contributed by atoms with Crippen molar-refractivity contribution < 1.29 is 18.8 Å². The van der Waals surface area contributed by atoms with Crippen LogP contribution in [-0.2, 0) is 9.59 Å². The van der Waals surface area contributed by atoms with Crippen LogP contribution in [0.1, 0.15) is 71.3 Å². The SMILES string of the molecule is CC.CC.CC(C)CC(NC(=O)c1cc2c(F)cccc2[nH]1)C(=O)NC(C#N)CC1CCNC1=O. The molecule has 2 heterocycles. The fourth-order valence-electron chi connectivity index (χ4n) is 3.75. The number of carbonyl (C=O) groups excluding carboxylic acids is 3. The molecular formula is C26H38FN5O3. The maximum Gasteiger partial charge on any atom is 0.268 e. The molecule has 3 amide bonds. The van der Waals surface area contributed by atoms with Gasteiger partial charge in [-0.05, 0) is 43.4 Å². The van der Waals surface area contributed by atoms with Gasteiger partial charge in [0.15, 0.2) is 0 Å². The zero-order valence-corrected chi connectivity index (χ0v) is 21.5. The normalized spacial score (nSPS) is 16.1. The van der Waals surface area contributed by atoms with Crippen molar-refractivity contribution in [1.82, 2.24) is 20.9 Å². The first-order valence-electron chi connectivity index (χ1n) is 12.3. The number of rotatable bonds is 8. The lowest BCUT2D eigenvalue weighted by atomic mass is 9.98. The van der Waals surface area contributed by atoms with Gasteiger partial charge in [-0.15, -0.1) is 0 Å². The van der Waals surface area contributed by atoms with Crippen LogP contribution in [-0.4, -0.2) is 41.3 Å². The molecule has 1 saturated heterocycles. The van der Waals surface area contributed by atoms with E-state index >= 15 is 0 Å². The molecule has 2 aromatic rings. The molecule has 9 heteroatoms. The van der Waals surface area contributed by atoms with E-state index in [0.717, 1.165) is 0 Å². The molecule has 3 atom stereocenters. The average Bonchev–Trinajstić information content (AvgIpc) is 3.47. The Hall–Kier alpha value is -3.41. The fourth-order valence-corrected chi connectivity index (χ4v) is 3.75. The van der Waals surface area contributed by atoms with Gasteiger partial charge in [0.25, 0.3) is 5.91 Å². The second-order valence-corrected chi connectivity index (χ2v) is 8.24. The summed E-state index contributed by atoms with van der Waals surface area (Å²) in [5, 5.41) is 17.8. The Balaban J connectivity index is 0.00000145. The largest absolute Gasteiger partial charge is 0.356 e. The summed E-state index contributed by atoms with van der Waals surface area (Å²) in [5.74, 6) is -1.82. The highest BCUT2D eigenvalue weighted by Gasteiger charge is 2.30. The molecule has 192 valence electrons. The molecule has 3 rings (SSSR count). The van der Waals surface area contributed by atoms with Gasteiger partial charge >= 0.3 is 0 Å². The number of hydrogen-bond donors (Lipinski definition) is 4. The number of amides is 3. The van der Waals surface area contributed by atoms with Gasteiger partial charge in [-0.3, -0.25) is 14.4 Å². The lowest BCUT2D eigenvalue weighted by Crippen LogP contribution is -2.50. The molecule has 0 bridgehead atoms. The molecule has 0 radical (unpaired) electrons. The summed E-state index contributed by atoms with van der Waals surface area (Å²) >= 11 is 0. The number of nitrogens with zero attached hydrogens (tertiary/aromatic N) is 1. The van der Waals surface area contributed by atoms with Crippen LogP contribution in [0.5, 0.6) is 0 Å². The maximum absolute atomic E-state index is 13.9. The lowest BCUT2D eigenvalue weighted by molar-refractivity contribution is -0.125. The Morgan fingerprint density at radius 2 is 1.89 bits per heavy atom. The van der Waals surface area contributed by atoms with Crippen molar-refractivity contribution in [3.8, 4) is 6.07 Å². The molecule has 4 N–H and O–H groups in total. The minimum Gasteiger partial charge on any atom is -0.356 e. The maximum atomic E-state index is 13.9. The summed E-state index contributed by atoms with van der Waals surface area (Å²) in [6, 6.07) is 6.21. The van der Waals surface area contributed by atoms with Gasteiger partial charge in [-0.25, -0.2) is 4.39 Å². The highest BCUT2D eigenvalue weighted by molar-refractivity contribution is 6.00. The Kier molecular flexibility index (Phi) is 12.5. The van der Waals surface area contributed by atoms with E-state index in [4.69, 9.17) is 0 Å². The average molecular weight is 488 g/mol. The number of nitriles is 1. The zero-order valence-electron chi connectivity index (χ0n) is 21.5. The van der Waals surface area contributed by atoms with E-state index in [1.165, 1.54) is 18.2 Å². The third kappa shape index (κ3) is 8.39. The van der Waals surface area contributed by atoms with Crippen molar-refractivity contribution >= 4 is 28.6 Å². The summed E-state index contributed by atoms with van der Waals surface area (Å²) in [6.45, 7) is 12.4.